The van der Waals surface area contributed by atoms with Gasteiger partial charge in [-0.25, -0.2) is 0 Å². The van der Waals surface area contributed by atoms with Crippen LogP contribution in [-0.2, 0) is 4.79 Å². The van der Waals surface area contributed by atoms with Gasteiger partial charge in [0.1, 0.15) is 5.78 Å². The molecule has 2 rings (SSSR count). The van der Waals surface area contributed by atoms with Crippen LogP contribution in [0.4, 0.5) is 0 Å². The Labute approximate surface area is 82.5 Å². The van der Waals surface area contributed by atoms with Gasteiger partial charge in [0, 0.05) is 17.1 Å². The van der Waals surface area contributed by atoms with E-state index in [1.54, 1.807) is 11.8 Å². The molecule has 1 aromatic carbocycles. The Kier molecular flexibility index (Phi) is 2.40. The summed E-state index contributed by atoms with van der Waals surface area (Å²) in [6.07, 6.45) is 0.652. The van der Waals surface area contributed by atoms with E-state index < -0.39 is 0 Å². The van der Waals surface area contributed by atoms with Gasteiger partial charge in [0.2, 0.25) is 0 Å². The first-order chi connectivity index (χ1) is 6.33. The van der Waals surface area contributed by atoms with E-state index in [4.69, 9.17) is 0 Å². The van der Waals surface area contributed by atoms with Crippen LogP contribution in [0.15, 0.2) is 29.2 Å². The predicted octanol–water partition coefficient (Wildman–Crippen LogP) is 2.86. The molecule has 1 heterocycles. The summed E-state index contributed by atoms with van der Waals surface area (Å²) in [7, 11) is 0. The fourth-order valence-electron chi connectivity index (χ4n) is 1.68. The van der Waals surface area contributed by atoms with Crippen molar-refractivity contribution in [2.24, 2.45) is 0 Å². The Morgan fingerprint density at radius 1 is 1.54 bits per heavy atom. The van der Waals surface area contributed by atoms with Crippen molar-refractivity contribution < 1.29 is 4.79 Å². The number of Topliss-reactive ketones (excluding diaryl/α,β-unsaturated/α-hetero) is 1. The Morgan fingerprint density at radius 3 is 3.08 bits per heavy atom. The third kappa shape index (κ3) is 1.51. The van der Waals surface area contributed by atoms with Crippen LogP contribution in [0, 0.1) is 0 Å². The van der Waals surface area contributed by atoms with Gasteiger partial charge in [0.05, 0.1) is 5.92 Å². The molecule has 0 amide bonds. The number of thioether (sulfide) groups is 1. The number of benzene rings is 1. The van der Waals surface area contributed by atoms with Gasteiger partial charge in [-0.05, 0) is 11.6 Å². The van der Waals surface area contributed by atoms with E-state index in [1.807, 2.05) is 19.1 Å². The quantitative estimate of drug-likeness (QED) is 0.716. The molecule has 1 aromatic rings. The highest BCUT2D eigenvalue weighted by atomic mass is 32.2. The van der Waals surface area contributed by atoms with Gasteiger partial charge in [0.15, 0.2) is 0 Å². The van der Waals surface area contributed by atoms with Gasteiger partial charge in [-0.15, -0.1) is 11.8 Å². The minimum atomic E-state index is 0.159. The molecule has 0 aromatic heterocycles. The number of carbonyl (C=O) groups is 1. The van der Waals surface area contributed by atoms with E-state index in [2.05, 4.69) is 12.1 Å². The van der Waals surface area contributed by atoms with Crippen molar-refractivity contribution in [3.05, 3.63) is 29.8 Å². The maximum absolute atomic E-state index is 11.6. The summed E-state index contributed by atoms with van der Waals surface area (Å²) in [5, 5.41) is 0. The summed E-state index contributed by atoms with van der Waals surface area (Å²) in [4.78, 5) is 12.8. The first-order valence-electron chi connectivity index (χ1n) is 4.57. The fourth-order valence-corrected chi connectivity index (χ4v) is 2.94. The molecule has 0 fully saturated rings. The van der Waals surface area contributed by atoms with Crippen molar-refractivity contribution in [1.29, 1.82) is 0 Å². The van der Waals surface area contributed by atoms with Crippen LogP contribution in [0.2, 0.25) is 0 Å². The Balaban J connectivity index is 2.33. The average Bonchev–Trinajstić information content (AvgIpc) is 2.60. The lowest BCUT2D eigenvalue weighted by Gasteiger charge is -2.06. The summed E-state index contributed by atoms with van der Waals surface area (Å²) in [6.45, 7) is 1.94. The fraction of sp³-hybridized carbons (Fsp3) is 0.364. The highest BCUT2D eigenvalue weighted by Gasteiger charge is 2.27. The van der Waals surface area contributed by atoms with Crippen LogP contribution in [0.3, 0.4) is 0 Å². The monoisotopic (exact) mass is 192 g/mol. The molecule has 0 N–H and O–H groups in total. The van der Waals surface area contributed by atoms with Crippen LogP contribution in [0.25, 0.3) is 0 Å². The van der Waals surface area contributed by atoms with Gasteiger partial charge in [-0.2, -0.15) is 0 Å². The van der Waals surface area contributed by atoms with Crippen LogP contribution in [0.5, 0.6) is 0 Å². The maximum Gasteiger partial charge on any atom is 0.140 e. The van der Waals surface area contributed by atoms with Crippen molar-refractivity contribution in [2.75, 3.05) is 5.75 Å². The Hall–Kier alpha value is -0.760. The van der Waals surface area contributed by atoms with Crippen molar-refractivity contribution in [3.8, 4) is 0 Å². The van der Waals surface area contributed by atoms with E-state index >= 15 is 0 Å². The van der Waals surface area contributed by atoms with Gasteiger partial charge in [0.25, 0.3) is 0 Å². The molecule has 1 nitrogen and oxygen atoms in total. The smallest absolute Gasteiger partial charge is 0.140 e. The topological polar surface area (TPSA) is 17.1 Å². The Bertz CT molecular complexity index is 333. The van der Waals surface area contributed by atoms with Crippen molar-refractivity contribution in [2.45, 2.75) is 24.2 Å². The average molecular weight is 192 g/mol. The molecule has 0 spiro atoms. The summed E-state index contributed by atoms with van der Waals surface area (Å²) >= 11 is 1.80. The van der Waals surface area contributed by atoms with Crippen molar-refractivity contribution in [3.63, 3.8) is 0 Å². The SMILES string of the molecule is CCC(=O)C1CSc2ccccc21. The molecular formula is C11H12OS. The first kappa shape index (κ1) is 8.82. The van der Waals surface area contributed by atoms with E-state index in [0.717, 1.165) is 5.75 Å². The lowest BCUT2D eigenvalue weighted by atomic mass is 9.96. The second kappa shape index (κ2) is 3.54. The molecule has 1 aliphatic rings. The maximum atomic E-state index is 11.6. The number of fused-ring (bicyclic) bond motifs is 1. The minimum Gasteiger partial charge on any atom is -0.299 e. The summed E-state index contributed by atoms with van der Waals surface area (Å²) < 4.78 is 0. The zero-order chi connectivity index (χ0) is 9.26. The van der Waals surface area contributed by atoms with Crippen LogP contribution < -0.4 is 0 Å². The van der Waals surface area contributed by atoms with Gasteiger partial charge in [-0.1, -0.05) is 25.1 Å². The molecule has 1 unspecified atom stereocenters. The second-order valence-corrected chi connectivity index (χ2v) is 4.28. The molecule has 13 heavy (non-hydrogen) atoms. The molecule has 0 saturated heterocycles. The molecule has 1 atom stereocenters. The zero-order valence-corrected chi connectivity index (χ0v) is 8.43. The van der Waals surface area contributed by atoms with Crippen molar-refractivity contribution >= 4 is 17.5 Å². The lowest BCUT2D eigenvalue weighted by molar-refractivity contribution is -0.119. The molecule has 0 saturated carbocycles. The van der Waals surface area contributed by atoms with E-state index in [-0.39, 0.29) is 5.92 Å². The van der Waals surface area contributed by atoms with E-state index in [0.29, 0.717) is 12.2 Å². The number of hydrogen-bond acceptors (Lipinski definition) is 2. The summed E-state index contributed by atoms with van der Waals surface area (Å²) in [5.74, 6) is 1.47. The number of rotatable bonds is 2. The lowest BCUT2D eigenvalue weighted by Crippen LogP contribution is -2.10. The predicted molar refractivity (Wildman–Crippen MR) is 55.2 cm³/mol. The molecule has 1 aliphatic heterocycles. The molecule has 0 radical (unpaired) electrons. The van der Waals surface area contributed by atoms with Gasteiger partial charge >= 0.3 is 0 Å². The normalized spacial score (nSPS) is 19.9. The largest absolute Gasteiger partial charge is 0.299 e. The first-order valence-corrected chi connectivity index (χ1v) is 5.56. The third-order valence-corrected chi connectivity index (χ3v) is 3.62. The molecule has 68 valence electrons. The number of hydrogen-bond donors (Lipinski definition) is 0. The number of carbonyl (C=O) groups excluding carboxylic acids is 1. The van der Waals surface area contributed by atoms with Crippen molar-refractivity contribution in [1.82, 2.24) is 0 Å². The molecule has 0 bridgehead atoms. The van der Waals surface area contributed by atoms with E-state index in [9.17, 15) is 4.79 Å². The second-order valence-electron chi connectivity index (χ2n) is 3.22. The standard InChI is InChI=1S/C11H12OS/c1-2-10(12)9-7-13-11-6-4-3-5-8(9)11/h3-6,9H,2,7H2,1H3. The minimum absolute atomic E-state index is 0.159. The van der Waals surface area contributed by atoms with Crippen LogP contribution in [0.1, 0.15) is 24.8 Å². The molecule has 0 aliphatic carbocycles. The third-order valence-electron chi connectivity index (χ3n) is 2.44. The summed E-state index contributed by atoms with van der Waals surface area (Å²) in [5.41, 5.74) is 1.24. The van der Waals surface area contributed by atoms with E-state index in [1.165, 1.54) is 10.5 Å². The van der Waals surface area contributed by atoms with Gasteiger partial charge in [-0.3, -0.25) is 4.79 Å². The van der Waals surface area contributed by atoms with Crippen LogP contribution >= 0.6 is 11.8 Å². The molecule has 2 heteroatoms. The summed E-state index contributed by atoms with van der Waals surface area (Å²) in [6, 6.07) is 8.22. The van der Waals surface area contributed by atoms with Crippen LogP contribution in [-0.4, -0.2) is 11.5 Å². The highest BCUT2D eigenvalue weighted by Crippen LogP contribution is 2.39. The Morgan fingerprint density at radius 2 is 2.31 bits per heavy atom. The highest BCUT2D eigenvalue weighted by molar-refractivity contribution is 7.99. The molecular weight excluding hydrogens is 180 g/mol. The number of ketones is 1. The van der Waals surface area contributed by atoms with Gasteiger partial charge < -0.3 is 0 Å². The zero-order valence-electron chi connectivity index (χ0n) is 7.62.